The predicted molar refractivity (Wildman–Crippen MR) is 81.2 cm³/mol. The summed E-state index contributed by atoms with van der Waals surface area (Å²) in [5.74, 6) is 1.07. The molecular weight excluding hydrogens is 250 g/mol. The van der Waals surface area contributed by atoms with Gasteiger partial charge in [0.05, 0.1) is 6.61 Å². The van der Waals surface area contributed by atoms with Gasteiger partial charge in [0.15, 0.2) is 0 Å². The Bertz CT molecular complexity index is 431. The highest BCUT2D eigenvalue weighted by molar-refractivity contribution is 5.37. The number of likely N-dealkylation sites (N-methyl/N-ethyl adjacent to an activating group) is 1. The molecule has 1 aromatic carbocycles. The molecule has 1 atom stereocenters. The molecule has 0 aromatic heterocycles. The molecule has 20 heavy (non-hydrogen) atoms. The molecule has 4 nitrogen and oxygen atoms in total. The number of nitrogens with one attached hydrogen (secondary N) is 1. The van der Waals surface area contributed by atoms with Gasteiger partial charge in [0.2, 0.25) is 0 Å². The lowest BCUT2D eigenvalue weighted by molar-refractivity contribution is 0.141. The third-order valence-corrected chi connectivity index (χ3v) is 4.44. The maximum absolute atomic E-state index is 5.75. The van der Waals surface area contributed by atoms with E-state index in [4.69, 9.17) is 4.74 Å². The van der Waals surface area contributed by atoms with Crippen LogP contribution in [0.1, 0.15) is 18.0 Å². The third kappa shape index (κ3) is 3.14. The van der Waals surface area contributed by atoms with Crippen LogP contribution in [0.15, 0.2) is 24.3 Å². The number of fused-ring (bicyclic) bond motifs is 1. The first kappa shape index (κ1) is 13.9. The van der Waals surface area contributed by atoms with E-state index in [1.54, 1.807) is 0 Å². The highest BCUT2D eigenvalue weighted by Gasteiger charge is 2.24. The van der Waals surface area contributed by atoms with Crippen molar-refractivity contribution < 1.29 is 4.74 Å². The Morgan fingerprint density at radius 1 is 1.30 bits per heavy atom. The van der Waals surface area contributed by atoms with E-state index in [1.807, 2.05) is 0 Å². The van der Waals surface area contributed by atoms with Crippen molar-refractivity contribution in [1.82, 2.24) is 15.1 Å². The van der Waals surface area contributed by atoms with Gasteiger partial charge in [-0.1, -0.05) is 18.2 Å². The van der Waals surface area contributed by atoms with E-state index in [9.17, 15) is 0 Å². The quantitative estimate of drug-likeness (QED) is 0.897. The van der Waals surface area contributed by atoms with Crippen molar-refractivity contribution in [3.63, 3.8) is 0 Å². The highest BCUT2D eigenvalue weighted by Crippen LogP contribution is 2.34. The molecule has 0 bridgehead atoms. The van der Waals surface area contributed by atoms with Crippen molar-refractivity contribution >= 4 is 0 Å². The minimum atomic E-state index is 0.503. The minimum Gasteiger partial charge on any atom is -0.493 e. The number of benzene rings is 1. The van der Waals surface area contributed by atoms with E-state index in [-0.39, 0.29) is 0 Å². The Morgan fingerprint density at radius 3 is 2.95 bits per heavy atom. The molecule has 4 heteroatoms. The minimum absolute atomic E-state index is 0.503. The lowest BCUT2D eigenvalue weighted by Crippen LogP contribution is -2.46. The monoisotopic (exact) mass is 275 g/mol. The summed E-state index contributed by atoms with van der Waals surface area (Å²) in [5.41, 5.74) is 1.35. The number of ether oxygens (including phenoxy) is 1. The maximum Gasteiger partial charge on any atom is 0.124 e. The number of hydrogen-bond donors (Lipinski definition) is 1. The molecule has 1 N–H and O–H groups in total. The molecule has 3 rings (SSSR count). The van der Waals surface area contributed by atoms with Crippen molar-refractivity contribution in [2.45, 2.75) is 12.5 Å². The van der Waals surface area contributed by atoms with Crippen molar-refractivity contribution in [3.8, 4) is 5.75 Å². The third-order valence-electron chi connectivity index (χ3n) is 4.44. The van der Waals surface area contributed by atoms with Crippen LogP contribution in [0.3, 0.4) is 0 Å². The number of hydrogen-bond acceptors (Lipinski definition) is 4. The Hall–Kier alpha value is -1.10. The van der Waals surface area contributed by atoms with Crippen LogP contribution >= 0.6 is 0 Å². The molecule has 0 amide bonds. The zero-order valence-corrected chi connectivity index (χ0v) is 12.3. The van der Waals surface area contributed by atoms with Gasteiger partial charge in [-0.3, -0.25) is 9.80 Å². The second-order valence-corrected chi connectivity index (χ2v) is 5.76. The van der Waals surface area contributed by atoms with Crippen LogP contribution in [0, 0.1) is 0 Å². The van der Waals surface area contributed by atoms with Gasteiger partial charge in [-0.2, -0.15) is 0 Å². The maximum atomic E-state index is 5.75. The van der Waals surface area contributed by atoms with Crippen LogP contribution in [0.5, 0.6) is 5.75 Å². The molecule has 0 radical (unpaired) electrons. The van der Waals surface area contributed by atoms with Crippen LogP contribution in [-0.2, 0) is 0 Å². The molecular formula is C16H25N3O. The Labute approximate surface area is 121 Å². The highest BCUT2D eigenvalue weighted by atomic mass is 16.5. The summed E-state index contributed by atoms with van der Waals surface area (Å²) >= 11 is 0. The van der Waals surface area contributed by atoms with Gasteiger partial charge in [0.1, 0.15) is 5.75 Å². The zero-order chi connectivity index (χ0) is 13.8. The first-order valence-corrected chi connectivity index (χ1v) is 7.69. The fourth-order valence-corrected chi connectivity index (χ4v) is 3.17. The van der Waals surface area contributed by atoms with Gasteiger partial charge in [-0.25, -0.2) is 0 Å². The van der Waals surface area contributed by atoms with E-state index in [0.717, 1.165) is 45.0 Å². The standard InChI is InChI=1S/C16H25N3O/c1-18(11-12-19-9-7-17-8-10-19)15-6-13-20-16-5-3-2-4-14(15)16/h2-5,15,17H,6-13H2,1H3. The van der Waals surface area contributed by atoms with Crippen molar-refractivity contribution in [2.24, 2.45) is 0 Å². The van der Waals surface area contributed by atoms with Gasteiger partial charge in [-0.05, 0) is 13.1 Å². The van der Waals surface area contributed by atoms with Crippen LogP contribution < -0.4 is 10.1 Å². The number of rotatable bonds is 4. The molecule has 2 aliphatic heterocycles. The SMILES string of the molecule is CN(CCN1CCNCC1)C1CCOc2ccccc21. The molecule has 0 saturated carbocycles. The number of nitrogens with zero attached hydrogens (tertiary/aromatic N) is 2. The molecule has 1 saturated heterocycles. The van der Waals surface area contributed by atoms with Gasteiger partial charge in [0, 0.05) is 57.3 Å². The average molecular weight is 275 g/mol. The average Bonchev–Trinajstić information content (AvgIpc) is 2.53. The van der Waals surface area contributed by atoms with Gasteiger partial charge >= 0.3 is 0 Å². The molecule has 0 spiro atoms. The Kier molecular flexibility index (Phi) is 4.55. The van der Waals surface area contributed by atoms with Crippen molar-refractivity contribution in [3.05, 3.63) is 29.8 Å². The summed E-state index contributed by atoms with van der Waals surface area (Å²) in [6.45, 7) is 7.74. The first-order valence-electron chi connectivity index (χ1n) is 7.69. The van der Waals surface area contributed by atoms with E-state index < -0.39 is 0 Å². The summed E-state index contributed by atoms with van der Waals surface area (Å²) in [4.78, 5) is 5.04. The zero-order valence-electron chi connectivity index (χ0n) is 12.3. The van der Waals surface area contributed by atoms with Crippen molar-refractivity contribution in [2.75, 3.05) is 52.9 Å². The topological polar surface area (TPSA) is 27.7 Å². The Balaban J connectivity index is 1.58. The summed E-state index contributed by atoms with van der Waals surface area (Å²) < 4.78 is 5.75. The normalized spacial score (nSPS) is 23.4. The predicted octanol–water partition coefficient (Wildman–Crippen LogP) is 1.35. The lowest BCUT2D eigenvalue weighted by Gasteiger charge is -2.35. The molecule has 0 aliphatic carbocycles. The first-order chi connectivity index (χ1) is 9.84. The van der Waals surface area contributed by atoms with Crippen LogP contribution in [-0.4, -0.2) is 62.7 Å². The van der Waals surface area contributed by atoms with Gasteiger partial charge in [-0.15, -0.1) is 0 Å². The molecule has 110 valence electrons. The molecule has 1 fully saturated rings. The lowest BCUT2D eigenvalue weighted by atomic mass is 9.99. The fourth-order valence-electron chi connectivity index (χ4n) is 3.17. The van der Waals surface area contributed by atoms with E-state index >= 15 is 0 Å². The van der Waals surface area contributed by atoms with E-state index in [1.165, 1.54) is 18.7 Å². The van der Waals surface area contributed by atoms with Gasteiger partial charge < -0.3 is 10.1 Å². The molecule has 2 heterocycles. The van der Waals surface area contributed by atoms with Crippen LogP contribution in [0.25, 0.3) is 0 Å². The Morgan fingerprint density at radius 2 is 2.10 bits per heavy atom. The molecule has 1 aromatic rings. The summed E-state index contributed by atoms with van der Waals surface area (Å²) in [5, 5.41) is 3.41. The fraction of sp³-hybridized carbons (Fsp3) is 0.625. The van der Waals surface area contributed by atoms with Gasteiger partial charge in [0.25, 0.3) is 0 Å². The summed E-state index contributed by atoms with van der Waals surface area (Å²) in [6.07, 6.45) is 1.09. The largest absolute Gasteiger partial charge is 0.493 e. The smallest absolute Gasteiger partial charge is 0.124 e. The number of piperazine rings is 1. The van der Waals surface area contributed by atoms with Crippen molar-refractivity contribution in [1.29, 1.82) is 0 Å². The molecule has 1 unspecified atom stereocenters. The summed E-state index contributed by atoms with van der Waals surface area (Å²) in [6, 6.07) is 8.97. The van der Waals surface area contributed by atoms with Crippen LogP contribution in [0.4, 0.5) is 0 Å². The molecule has 2 aliphatic rings. The second-order valence-electron chi connectivity index (χ2n) is 5.76. The van der Waals surface area contributed by atoms with E-state index in [2.05, 4.69) is 46.4 Å². The van der Waals surface area contributed by atoms with E-state index in [0.29, 0.717) is 6.04 Å². The second kappa shape index (κ2) is 6.57. The summed E-state index contributed by atoms with van der Waals surface area (Å²) in [7, 11) is 2.25. The van der Waals surface area contributed by atoms with Crippen LogP contribution in [0.2, 0.25) is 0 Å². The number of para-hydroxylation sites is 1.